The average molecular weight is 395 g/mol. The summed E-state index contributed by atoms with van der Waals surface area (Å²) in [7, 11) is -4.02. The number of hydrogen-bond acceptors (Lipinski definition) is 4. The van der Waals surface area contributed by atoms with E-state index in [4.69, 9.17) is 0 Å². The molecule has 0 aromatic heterocycles. The Morgan fingerprint density at radius 1 is 0.963 bits per heavy atom. The van der Waals surface area contributed by atoms with Crippen LogP contribution in [0.1, 0.15) is 11.1 Å². The van der Waals surface area contributed by atoms with Crippen LogP contribution in [-0.2, 0) is 16.2 Å². The summed E-state index contributed by atoms with van der Waals surface area (Å²) >= 11 is 0. The minimum absolute atomic E-state index is 0.123. The molecular weight excluding hydrogens is 379 g/mol. The minimum atomic E-state index is -4.61. The first-order valence-electron chi connectivity index (χ1n) is 8.15. The second-order valence-electron chi connectivity index (χ2n) is 6.05. The molecule has 0 atom stereocenters. The lowest BCUT2D eigenvalue weighted by molar-refractivity contribution is -0.137. The summed E-state index contributed by atoms with van der Waals surface area (Å²) in [6.07, 6.45) is -4.61. The van der Waals surface area contributed by atoms with Gasteiger partial charge in [-0.05, 0) is 30.3 Å². The molecule has 0 aliphatic carbocycles. The molecule has 0 amide bonds. The SMILES string of the molecule is N#Cc1ccccc1N1CCN(S(=O)(=O)c2cccc(C(F)(F)F)c2)CC1. The predicted molar refractivity (Wildman–Crippen MR) is 93.6 cm³/mol. The molecule has 0 radical (unpaired) electrons. The Hall–Kier alpha value is -2.57. The predicted octanol–water partition coefficient (Wildman–Crippen LogP) is 3.09. The minimum Gasteiger partial charge on any atom is -0.368 e. The molecule has 1 aliphatic heterocycles. The number of alkyl halides is 3. The molecular formula is C18H16F3N3O2S. The second-order valence-corrected chi connectivity index (χ2v) is 7.98. The van der Waals surface area contributed by atoms with Gasteiger partial charge in [-0.3, -0.25) is 0 Å². The third kappa shape index (κ3) is 3.91. The van der Waals surface area contributed by atoms with Crippen LogP contribution >= 0.6 is 0 Å². The normalized spacial score (nSPS) is 16.1. The maximum absolute atomic E-state index is 12.9. The van der Waals surface area contributed by atoms with Gasteiger partial charge in [-0.1, -0.05) is 18.2 Å². The Balaban J connectivity index is 1.79. The standard InChI is InChI=1S/C18H16F3N3O2S/c19-18(20,21)15-5-3-6-16(12-15)27(25,26)24-10-8-23(9-11-24)17-7-2-1-4-14(17)13-22/h1-7,12H,8-11H2. The first-order valence-corrected chi connectivity index (χ1v) is 9.59. The summed E-state index contributed by atoms with van der Waals surface area (Å²) in [6, 6.07) is 12.9. The van der Waals surface area contributed by atoms with E-state index in [2.05, 4.69) is 6.07 Å². The first-order chi connectivity index (χ1) is 12.7. The van der Waals surface area contributed by atoms with Gasteiger partial charge in [0.15, 0.2) is 0 Å². The van der Waals surface area contributed by atoms with Crippen LogP contribution in [0.5, 0.6) is 0 Å². The summed E-state index contributed by atoms with van der Waals surface area (Å²) in [5, 5.41) is 9.20. The van der Waals surface area contributed by atoms with Crippen molar-refractivity contribution in [2.45, 2.75) is 11.1 Å². The van der Waals surface area contributed by atoms with Crippen molar-refractivity contribution >= 4 is 15.7 Å². The number of nitriles is 1. The zero-order chi connectivity index (χ0) is 19.7. The monoisotopic (exact) mass is 395 g/mol. The van der Waals surface area contributed by atoms with Crippen molar-refractivity contribution in [3.05, 3.63) is 59.7 Å². The third-order valence-electron chi connectivity index (χ3n) is 4.40. The van der Waals surface area contributed by atoms with E-state index in [1.807, 2.05) is 4.90 Å². The number of halogens is 3. The number of rotatable bonds is 3. The zero-order valence-corrected chi connectivity index (χ0v) is 15.0. The number of benzene rings is 2. The van der Waals surface area contributed by atoms with E-state index >= 15 is 0 Å². The van der Waals surface area contributed by atoms with Crippen LogP contribution in [0.3, 0.4) is 0 Å². The average Bonchev–Trinajstić information content (AvgIpc) is 2.67. The molecule has 3 rings (SSSR count). The van der Waals surface area contributed by atoms with Crippen molar-refractivity contribution in [1.29, 1.82) is 5.26 Å². The molecule has 9 heteroatoms. The van der Waals surface area contributed by atoms with Crippen LogP contribution in [0.4, 0.5) is 18.9 Å². The molecule has 2 aromatic rings. The topological polar surface area (TPSA) is 64.4 Å². The van der Waals surface area contributed by atoms with Crippen molar-refractivity contribution in [2.24, 2.45) is 0 Å². The second kappa shape index (κ2) is 7.21. The van der Waals surface area contributed by atoms with Gasteiger partial charge < -0.3 is 4.90 Å². The molecule has 0 bridgehead atoms. The van der Waals surface area contributed by atoms with Crippen molar-refractivity contribution < 1.29 is 21.6 Å². The van der Waals surface area contributed by atoms with Gasteiger partial charge in [0.1, 0.15) is 6.07 Å². The highest BCUT2D eigenvalue weighted by molar-refractivity contribution is 7.89. The summed E-state index contributed by atoms with van der Waals surface area (Å²) in [4.78, 5) is 1.53. The molecule has 5 nitrogen and oxygen atoms in total. The largest absolute Gasteiger partial charge is 0.416 e. The highest BCUT2D eigenvalue weighted by atomic mass is 32.2. The van der Waals surface area contributed by atoms with Gasteiger partial charge in [0.05, 0.1) is 21.7 Å². The van der Waals surface area contributed by atoms with Gasteiger partial charge in [-0.2, -0.15) is 22.7 Å². The van der Waals surface area contributed by atoms with E-state index in [1.54, 1.807) is 24.3 Å². The number of anilines is 1. The van der Waals surface area contributed by atoms with Crippen molar-refractivity contribution in [3.8, 4) is 6.07 Å². The molecule has 1 heterocycles. The van der Waals surface area contributed by atoms with Crippen molar-refractivity contribution in [3.63, 3.8) is 0 Å². The van der Waals surface area contributed by atoms with Crippen LogP contribution < -0.4 is 4.90 Å². The molecule has 1 fully saturated rings. The summed E-state index contributed by atoms with van der Waals surface area (Å²) in [5.41, 5.74) is 0.216. The fourth-order valence-electron chi connectivity index (χ4n) is 3.00. The van der Waals surface area contributed by atoms with E-state index in [1.165, 1.54) is 10.4 Å². The van der Waals surface area contributed by atoms with Gasteiger partial charge >= 0.3 is 6.18 Å². The maximum Gasteiger partial charge on any atom is 0.416 e. The highest BCUT2D eigenvalue weighted by Crippen LogP contribution is 2.31. The third-order valence-corrected chi connectivity index (χ3v) is 6.30. The zero-order valence-electron chi connectivity index (χ0n) is 14.1. The van der Waals surface area contributed by atoms with Crippen LogP contribution in [-0.4, -0.2) is 38.9 Å². The van der Waals surface area contributed by atoms with Crippen LogP contribution in [0.15, 0.2) is 53.4 Å². The van der Waals surface area contributed by atoms with E-state index in [0.717, 1.165) is 17.8 Å². The quantitative estimate of drug-likeness (QED) is 0.801. The fourth-order valence-corrected chi connectivity index (χ4v) is 4.46. The molecule has 142 valence electrons. The molecule has 27 heavy (non-hydrogen) atoms. The van der Waals surface area contributed by atoms with E-state index in [9.17, 15) is 26.9 Å². The Labute approximate surface area is 155 Å². The first kappa shape index (κ1) is 19.2. The Morgan fingerprint density at radius 3 is 2.26 bits per heavy atom. The van der Waals surface area contributed by atoms with Gasteiger partial charge in [0, 0.05) is 26.2 Å². The lowest BCUT2D eigenvalue weighted by Crippen LogP contribution is -2.48. The number of sulfonamides is 1. The van der Waals surface area contributed by atoms with E-state index in [0.29, 0.717) is 24.7 Å². The lowest BCUT2D eigenvalue weighted by Gasteiger charge is -2.35. The number of nitrogens with zero attached hydrogens (tertiary/aromatic N) is 3. The maximum atomic E-state index is 12.9. The molecule has 1 saturated heterocycles. The molecule has 0 saturated carbocycles. The molecule has 1 aliphatic rings. The number of para-hydroxylation sites is 1. The van der Waals surface area contributed by atoms with Crippen molar-refractivity contribution in [1.82, 2.24) is 4.31 Å². The Kier molecular flexibility index (Phi) is 5.13. The molecule has 2 aromatic carbocycles. The molecule has 0 N–H and O–H groups in total. The van der Waals surface area contributed by atoms with Gasteiger partial charge in [0.25, 0.3) is 0 Å². The number of hydrogen-bond donors (Lipinski definition) is 0. The van der Waals surface area contributed by atoms with Crippen LogP contribution in [0, 0.1) is 11.3 Å². The van der Waals surface area contributed by atoms with Gasteiger partial charge in [-0.15, -0.1) is 0 Å². The van der Waals surface area contributed by atoms with Gasteiger partial charge in [0.2, 0.25) is 10.0 Å². The number of piperazine rings is 1. The smallest absolute Gasteiger partial charge is 0.368 e. The Bertz CT molecular complexity index is 976. The van der Waals surface area contributed by atoms with E-state index in [-0.39, 0.29) is 18.0 Å². The van der Waals surface area contributed by atoms with Crippen LogP contribution in [0.25, 0.3) is 0 Å². The van der Waals surface area contributed by atoms with Crippen molar-refractivity contribution in [2.75, 3.05) is 31.1 Å². The van der Waals surface area contributed by atoms with Gasteiger partial charge in [-0.25, -0.2) is 8.42 Å². The highest BCUT2D eigenvalue weighted by Gasteiger charge is 2.34. The molecule has 0 spiro atoms. The summed E-state index contributed by atoms with van der Waals surface area (Å²) in [6.45, 7) is 0.935. The van der Waals surface area contributed by atoms with E-state index < -0.39 is 21.8 Å². The van der Waals surface area contributed by atoms with Crippen LogP contribution in [0.2, 0.25) is 0 Å². The Morgan fingerprint density at radius 2 is 1.63 bits per heavy atom. The summed E-state index contributed by atoms with van der Waals surface area (Å²) in [5.74, 6) is 0. The summed E-state index contributed by atoms with van der Waals surface area (Å²) < 4.78 is 65.2. The lowest BCUT2D eigenvalue weighted by atomic mass is 10.1. The fraction of sp³-hybridized carbons (Fsp3) is 0.278. The molecule has 0 unspecified atom stereocenters.